The lowest BCUT2D eigenvalue weighted by Gasteiger charge is -2.15. The minimum atomic E-state index is -0.140. The molecule has 4 rings (SSSR count). The molecule has 1 heterocycles. The standard InChI is InChI=1S/C27H26ClN3O5/c1-33-10-12-35-24-15-21-23(16-25(24)36-13-11-34-2)29-17-30-27(21)31-19-8-9-20(22(28)14-19)26(32)18-6-4-3-5-7-18/h3-9,14-17H,10-13H2,1-2H3,(H,29,30,31). The van der Waals surface area contributed by atoms with Crippen LogP contribution in [0.3, 0.4) is 0 Å². The smallest absolute Gasteiger partial charge is 0.194 e. The topological polar surface area (TPSA) is 91.8 Å². The number of anilines is 2. The highest BCUT2D eigenvalue weighted by atomic mass is 35.5. The average Bonchev–Trinajstić information content (AvgIpc) is 2.89. The minimum absolute atomic E-state index is 0.140. The van der Waals surface area contributed by atoms with Crippen molar-refractivity contribution in [3.8, 4) is 11.5 Å². The van der Waals surface area contributed by atoms with E-state index in [1.807, 2.05) is 24.3 Å². The third-order valence-electron chi connectivity index (χ3n) is 5.30. The highest BCUT2D eigenvalue weighted by Gasteiger charge is 2.15. The Bertz CT molecular complexity index is 1330. The predicted molar refractivity (Wildman–Crippen MR) is 139 cm³/mol. The van der Waals surface area contributed by atoms with E-state index < -0.39 is 0 Å². The molecule has 3 aromatic carbocycles. The van der Waals surface area contributed by atoms with E-state index in [1.165, 1.54) is 6.33 Å². The van der Waals surface area contributed by atoms with Crippen LogP contribution in [0.1, 0.15) is 15.9 Å². The summed E-state index contributed by atoms with van der Waals surface area (Å²) in [4.78, 5) is 21.6. The van der Waals surface area contributed by atoms with E-state index in [-0.39, 0.29) is 5.78 Å². The molecule has 1 N–H and O–H groups in total. The van der Waals surface area contributed by atoms with E-state index in [2.05, 4.69) is 15.3 Å². The summed E-state index contributed by atoms with van der Waals surface area (Å²) in [5.41, 5.74) is 2.34. The van der Waals surface area contributed by atoms with Gasteiger partial charge in [-0.15, -0.1) is 0 Å². The number of carbonyl (C=O) groups excluding carboxylic acids is 1. The summed E-state index contributed by atoms with van der Waals surface area (Å²) in [7, 11) is 3.22. The van der Waals surface area contributed by atoms with Crippen LogP contribution in [-0.4, -0.2) is 56.4 Å². The zero-order valence-corrected chi connectivity index (χ0v) is 20.7. The third kappa shape index (κ3) is 6.09. The fourth-order valence-electron chi connectivity index (χ4n) is 3.52. The molecule has 0 unspecified atom stereocenters. The van der Waals surface area contributed by atoms with Crippen molar-refractivity contribution in [2.24, 2.45) is 0 Å². The minimum Gasteiger partial charge on any atom is -0.487 e. The van der Waals surface area contributed by atoms with E-state index >= 15 is 0 Å². The summed E-state index contributed by atoms with van der Waals surface area (Å²) in [5.74, 6) is 1.50. The van der Waals surface area contributed by atoms with Gasteiger partial charge in [-0.3, -0.25) is 4.79 Å². The number of rotatable bonds is 12. The van der Waals surface area contributed by atoms with Crippen molar-refractivity contribution in [1.82, 2.24) is 9.97 Å². The molecule has 36 heavy (non-hydrogen) atoms. The average molecular weight is 508 g/mol. The fourth-order valence-corrected chi connectivity index (χ4v) is 3.78. The van der Waals surface area contributed by atoms with E-state index in [0.29, 0.717) is 71.1 Å². The first-order valence-electron chi connectivity index (χ1n) is 11.3. The van der Waals surface area contributed by atoms with Crippen LogP contribution in [0.4, 0.5) is 11.5 Å². The second kappa shape index (κ2) is 12.3. The van der Waals surface area contributed by atoms with Gasteiger partial charge < -0.3 is 24.3 Å². The molecule has 0 amide bonds. The van der Waals surface area contributed by atoms with Gasteiger partial charge >= 0.3 is 0 Å². The lowest BCUT2D eigenvalue weighted by Crippen LogP contribution is -2.09. The maximum absolute atomic E-state index is 12.8. The quantitative estimate of drug-likeness (QED) is 0.204. The number of hydrogen-bond acceptors (Lipinski definition) is 8. The summed E-state index contributed by atoms with van der Waals surface area (Å²) in [6, 6.07) is 17.8. The van der Waals surface area contributed by atoms with Crippen molar-refractivity contribution in [2.75, 3.05) is 46.0 Å². The predicted octanol–water partition coefficient (Wildman–Crippen LogP) is 5.31. The first-order valence-corrected chi connectivity index (χ1v) is 11.7. The summed E-state index contributed by atoms with van der Waals surface area (Å²) in [6.45, 7) is 1.59. The summed E-state index contributed by atoms with van der Waals surface area (Å²) in [6.07, 6.45) is 1.46. The lowest BCUT2D eigenvalue weighted by molar-refractivity contribution is 0.103. The van der Waals surface area contributed by atoms with Crippen molar-refractivity contribution in [3.63, 3.8) is 0 Å². The van der Waals surface area contributed by atoms with Gasteiger partial charge in [-0.1, -0.05) is 41.9 Å². The summed E-state index contributed by atoms with van der Waals surface area (Å²) >= 11 is 6.48. The monoisotopic (exact) mass is 507 g/mol. The molecule has 0 atom stereocenters. The molecule has 8 nitrogen and oxygen atoms in total. The Morgan fingerprint density at radius 1 is 0.861 bits per heavy atom. The molecule has 0 fully saturated rings. The van der Waals surface area contributed by atoms with Gasteiger partial charge in [0.15, 0.2) is 17.3 Å². The van der Waals surface area contributed by atoms with Crippen LogP contribution in [0.2, 0.25) is 5.02 Å². The lowest BCUT2D eigenvalue weighted by atomic mass is 10.0. The number of carbonyl (C=O) groups is 1. The second-order valence-electron chi connectivity index (χ2n) is 7.74. The van der Waals surface area contributed by atoms with Gasteiger partial charge in [-0.25, -0.2) is 9.97 Å². The maximum Gasteiger partial charge on any atom is 0.194 e. The van der Waals surface area contributed by atoms with Crippen molar-refractivity contribution in [1.29, 1.82) is 0 Å². The number of ether oxygens (including phenoxy) is 4. The number of benzene rings is 3. The second-order valence-corrected chi connectivity index (χ2v) is 8.14. The Morgan fingerprint density at radius 3 is 2.22 bits per heavy atom. The SMILES string of the molecule is COCCOc1cc2ncnc(Nc3ccc(C(=O)c4ccccc4)c(Cl)c3)c2cc1OCCOC. The number of nitrogens with one attached hydrogen (secondary N) is 1. The van der Waals surface area contributed by atoms with Crippen molar-refractivity contribution < 1.29 is 23.7 Å². The molecule has 0 saturated carbocycles. The molecular weight excluding hydrogens is 482 g/mol. The Balaban J connectivity index is 1.62. The van der Waals surface area contributed by atoms with Gasteiger partial charge in [0.05, 0.1) is 23.8 Å². The van der Waals surface area contributed by atoms with Crippen LogP contribution in [-0.2, 0) is 9.47 Å². The van der Waals surface area contributed by atoms with Gasteiger partial charge in [0.2, 0.25) is 0 Å². The number of methoxy groups -OCH3 is 2. The number of aromatic nitrogens is 2. The highest BCUT2D eigenvalue weighted by molar-refractivity contribution is 6.35. The van der Waals surface area contributed by atoms with E-state index in [1.54, 1.807) is 50.6 Å². The normalized spacial score (nSPS) is 10.9. The van der Waals surface area contributed by atoms with Crippen molar-refractivity contribution >= 4 is 39.8 Å². The number of hydrogen-bond donors (Lipinski definition) is 1. The van der Waals surface area contributed by atoms with Crippen LogP contribution in [0.25, 0.3) is 10.9 Å². The van der Waals surface area contributed by atoms with E-state index in [0.717, 1.165) is 5.39 Å². The molecule has 4 aromatic rings. The number of fused-ring (bicyclic) bond motifs is 1. The maximum atomic E-state index is 12.8. The van der Waals surface area contributed by atoms with Crippen LogP contribution in [0.15, 0.2) is 67.0 Å². The molecule has 0 aliphatic carbocycles. The van der Waals surface area contributed by atoms with Gasteiger partial charge in [0, 0.05) is 42.5 Å². The highest BCUT2D eigenvalue weighted by Crippen LogP contribution is 2.35. The largest absolute Gasteiger partial charge is 0.487 e. The molecule has 0 saturated heterocycles. The first-order chi connectivity index (χ1) is 17.6. The molecule has 186 valence electrons. The van der Waals surface area contributed by atoms with Crippen molar-refractivity contribution in [3.05, 3.63) is 83.1 Å². The molecule has 9 heteroatoms. The van der Waals surface area contributed by atoms with Gasteiger partial charge in [-0.05, 0) is 24.3 Å². The van der Waals surface area contributed by atoms with Crippen LogP contribution >= 0.6 is 11.6 Å². The summed E-state index contributed by atoms with van der Waals surface area (Å²) < 4.78 is 21.9. The molecule has 0 radical (unpaired) electrons. The van der Waals surface area contributed by atoms with Gasteiger partial charge in [0.1, 0.15) is 25.4 Å². The Labute approximate surface area is 214 Å². The molecular formula is C27H26ClN3O5. The fraction of sp³-hybridized carbons (Fsp3) is 0.222. The number of halogens is 1. The van der Waals surface area contributed by atoms with Gasteiger partial charge in [0.25, 0.3) is 0 Å². The zero-order valence-electron chi connectivity index (χ0n) is 20.0. The molecule has 0 spiro atoms. The number of ketones is 1. The molecule has 0 aliphatic rings. The Morgan fingerprint density at radius 2 is 1.56 bits per heavy atom. The molecule has 0 aliphatic heterocycles. The van der Waals surface area contributed by atoms with Crippen LogP contribution in [0, 0.1) is 0 Å². The molecule has 1 aromatic heterocycles. The van der Waals surface area contributed by atoms with Crippen LogP contribution < -0.4 is 14.8 Å². The molecule has 0 bridgehead atoms. The van der Waals surface area contributed by atoms with Crippen LogP contribution in [0.5, 0.6) is 11.5 Å². The van der Waals surface area contributed by atoms with Gasteiger partial charge in [-0.2, -0.15) is 0 Å². The number of nitrogens with zero attached hydrogens (tertiary/aromatic N) is 2. The Kier molecular flexibility index (Phi) is 8.67. The van der Waals surface area contributed by atoms with Crippen molar-refractivity contribution in [2.45, 2.75) is 0 Å². The Hall–Kier alpha value is -3.72. The summed E-state index contributed by atoms with van der Waals surface area (Å²) in [5, 5.41) is 4.34. The van der Waals surface area contributed by atoms with E-state index in [4.69, 9.17) is 30.5 Å². The zero-order chi connectivity index (χ0) is 25.3. The first kappa shape index (κ1) is 25.4. The third-order valence-corrected chi connectivity index (χ3v) is 5.62. The van der Waals surface area contributed by atoms with E-state index in [9.17, 15) is 4.79 Å².